The zero-order valence-electron chi connectivity index (χ0n) is 9.74. The van der Waals surface area contributed by atoms with Gasteiger partial charge < -0.3 is 10.2 Å². The molecule has 0 saturated heterocycles. The molecule has 0 bridgehead atoms. The molecule has 92 valence electrons. The molecule has 0 spiro atoms. The van der Waals surface area contributed by atoms with Crippen LogP contribution in [-0.4, -0.2) is 22.2 Å². The first-order chi connectivity index (χ1) is 7.45. The average molecular weight is 228 g/mol. The van der Waals surface area contributed by atoms with Gasteiger partial charge in [-0.05, 0) is 26.2 Å². The van der Waals surface area contributed by atoms with Gasteiger partial charge in [0, 0.05) is 0 Å². The van der Waals surface area contributed by atoms with E-state index in [1.165, 1.54) is 6.92 Å². The zero-order valence-corrected chi connectivity index (χ0v) is 9.74. The van der Waals surface area contributed by atoms with E-state index in [1.54, 1.807) is 0 Å². The van der Waals surface area contributed by atoms with Crippen LogP contribution in [-0.2, 0) is 9.59 Å². The Morgan fingerprint density at radius 2 is 1.62 bits per heavy atom. The maximum Gasteiger partial charge on any atom is 0.320 e. The van der Waals surface area contributed by atoms with Crippen LogP contribution < -0.4 is 0 Å². The molecule has 2 N–H and O–H groups in total. The van der Waals surface area contributed by atoms with Gasteiger partial charge in [0.25, 0.3) is 0 Å². The van der Waals surface area contributed by atoms with E-state index in [1.807, 2.05) is 6.08 Å². The number of allylic oxidation sites excluding steroid dienone is 1. The Bertz CT molecular complexity index is 244. The van der Waals surface area contributed by atoms with Gasteiger partial charge in [0.2, 0.25) is 0 Å². The van der Waals surface area contributed by atoms with E-state index in [9.17, 15) is 9.59 Å². The fourth-order valence-corrected chi connectivity index (χ4v) is 1.43. The average Bonchev–Trinajstić information content (AvgIpc) is 2.22. The Hall–Kier alpha value is -1.32. The van der Waals surface area contributed by atoms with E-state index in [-0.39, 0.29) is 6.42 Å². The second-order valence-corrected chi connectivity index (χ2v) is 4.18. The van der Waals surface area contributed by atoms with Crippen LogP contribution in [0.1, 0.15) is 45.4 Å². The minimum absolute atomic E-state index is 0.186. The summed E-state index contributed by atoms with van der Waals surface area (Å²) in [6, 6.07) is 0. The van der Waals surface area contributed by atoms with Crippen LogP contribution >= 0.6 is 0 Å². The molecule has 0 aliphatic rings. The van der Waals surface area contributed by atoms with Gasteiger partial charge in [-0.3, -0.25) is 9.59 Å². The van der Waals surface area contributed by atoms with E-state index in [0.717, 1.165) is 25.7 Å². The molecule has 0 atom stereocenters. The lowest BCUT2D eigenvalue weighted by atomic mass is 9.85. The normalized spacial score (nSPS) is 11.1. The molecule has 4 heteroatoms. The van der Waals surface area contributed by atoms with Crippen molar-refractivity contribution in [2.75, 3.05) is 0 Å². The fraction of sp³-hybridized carbons (Fsp3) is 0.667. The Kier molecular flexibility index (Phi) is 6.46. The van der Waals surface area contributed by atoms with Crippen molar-refractivity contribution in [2.45, 2.75) is 45.4 Å². The molecule has 0 aliphatic heterocycles. The molecule has 0 amide bonds. The number of rotatable bonds is 9. The molecule has 0 radical (unpaired) electrons. The summed E-state index contributed by atoms with van der Waals surface area (Å²) in [5.74, 6) is -2.52. The highest BCUT2D eigenvalue weighted by atomic mass is 16.4. The lowest BCUT2D eigenvalue weighted by Gasteiger charge is -2.19. The molecule has 0 aromatic heterocycles. The van der Waals surface area contributed by atoms with E-state index in [0.29, 0.717) is 6.42 Å². The third kappa shape index (κ3) is 4.47. The predicted molar refractivity (Wildman–Crippen MR) is 61.3 cm³/mol. The zero-order chi connectivity index (χ0) is 12.6. The van der Waals surface area contributed by atoms with Gasteiger partial charge in [-0.25, -0.2) is 0 Å². The van der Waals surface area contributed by atoms with E-state index >= 15 is 0 Å². The van der Waals surface area contributed by atoms with Crippen molar-refractivity contribution in [3.8, 4) is 0 Å². The molecule has 0 unspecified atom stereocenters. The van der Waals surface area contributed by atoms with Gasteiger partial charge in [-0.2, -0.15) is 0 Å². The van der Waals surface area contributed by atoms with Crippen molar-refractivity contribution in [3.63, 3.8) is 0 Å². The van der Waals surface area contributed by atoms with Gasteiger partial charge in [0.05, 0.1) is 0 Å². The monoisotopic (exact) mass is 228 g/mol. The number of aliphatic carboxylic acids is 2. The lowest BCUT2D eigenvalue weighted by molar-refractivity contribution is -0.163. The molecule has 0 aromatic rings. The lowest BCUT2D eigenvalue weighted by Crippen LogP contribution is -2.36. The first-order valence-corrected chi connectivity index (χ1v) is 5.53. The Labute approximate surface area is 96.0 Å². The standard InChI is InChI=1S/C12H20O4/c1-3-4-5-6-7-8-9-12(2,10(13)14)11(15)16/h3H,1,4-9H2,2H3,(H,13,14)(H,15,16). The quantitative estimate of drug-likeness (QED) is 0.361. The van der Waals surface area contributed by atoms with Gasteiger partial charge >= 0.3 is 11.9 Å². The molecule has 4 nitrogen and oxygen atoms in total. The Morgan fingerprint density at radius 1 is 1.12 bits per heavy atom. The SMILES string of the molecule is C=CCCCCCCC(C)(C(=O)O)C(=O)O. The molecular formula is C12H20O4. The molecule has 0 rings (SSSR count). The Morgan fingerprint density at radius 3 is 2.06 bits per heavy atom. The number of carbonyl (C=O) groups is 2. The highest BCUT2D eigenvalue weighted by Gasteiger charge is 2.40. The smallest absolute Gasteiger partial charge is 0.320 e. The largest absolute Gasteiger partial charge is 0.480 e. The van der Waals surface area contributed by atoms with Gasteiger partial charge in [-0.1, -0.05) is 25.3 Å². The number of carboxylic acids is 2. The molecule has 0 saturated carbocycles. The van der Waals surface area contributed by atoms with Crippen LogP contribution in [0.25, 0.3) is 0 Å². The van der Waals surface area contributed by atoms with Crippen LogP contribution in [0.3, 0.4) is 0 Å². The molecule has 0 aliphatic carbocycles. The summed E-state index contributed by atoms with van der Waals surface area (Å²) in [4.78, 5) is 21.7. The number of carboxylic acid groups (broad SMARTS) is 2. The summed E-state index contributed by atoms with van der Waals surface area (Å²) in [7, 11) is 0. The van der Waals surface area contributed by atoms with E-state index < -0.39 is 17.4 Å². The third-order valence-corrected chi connectivity index (χ3v) is 2.78. The first kappa shape index (κ1) is 14.7. The van der Waals surface area contributed by atoms with Crippen molar-refractivity contribution in [1.29, 1.82) is 0 Å². The van der Waals surface area contributed by atoms with E-state index in [4.69, 9.17) is 10.2 Å². The molecule has 0 heterocycles. The number of hydrogen-bond donors (Lipinski definition) is 2. The molecule has 16 heavy (non-hydrogen) atoms. The summed E-state index contributed by atoms with van der Waals surface area (Å²) in [5, 5.41) is 17.7. The molecular weight excluding hydrogens is 208 g/mol. The van der Waals surface area contributed by atoms with Crippen LogP contribution in [0.15, 0.2) is 12.7 Å². The number of unbranched alkanes of at least 4 members (excludes halogenated alkanes) is 4. The summed E-state index contributed by atoms with van der Waals surface area (Å²) in [6.07, 6.45) is 6.50. The maximum absolute atomic E-state index is 10.8. The summed E-state index contributed by atoms with van der Waals surface area (Å²) < 4.78 is 0. The minimum Gasteiger partial charge on any atom is -0.480 e. The molecule has 0 fully saturated rings. The highest BCUT2D eigenvalue weighted by molar-refractivity contribution is 5.97. The number of hydrogen-bond acceptors (Lipinski definition) is 2. The predicted octanol–water partition coefficient (Wildman–Crippen LogP) is 2.69. The summed E-state index contributed by atoms with van der Waals surface area (Å²) in [5.41, 5.74) is -1.64. The second kappa shape index (κ2) is 7.04. The van der Waals surface area contributed by atoms with Crippen LogP contribution in [0, 0.1) is 5.41 Å². The van der Waals surface area contributed by atoms with Gasteiger partial charge in [0.15, 0.2) is 5.41 Å². The van der Waals surface area contributed by atoms with Gasteiger partial charge in [-0.15, -0.1) is 6.58 Å². The first-order valence-electron chi connectivity index (χ1n) is 5.53. The second-order valence-electron chi connectivity index (χ2n) is 4.18. The highest BCUT2D eigenvalue weighted by Crippen LogP contribution is 2.25. The fourth-order valence-electron chi connectivity index (χ4n) is 1.43. The van der Waals surface area contributed by atoms with Crippen molar-refractivity contribution < 1.29 is 19.8 Å². The van der Waals surface area contributed by atoms with Crippen molar-refractivity contribution in [3.05, 3.63) is 12.7 Å². The third-order valence-electron chi connectivity index (χ3n) is 2.78. The van der Waals surface area contributed by atoms with Crippen molar-refractivity contribution >= 4 is 11.9 Å². The maximum atomic E-state index is 10.8. The van der Waals surface area contributed by atoms with E-state index in [2.05, 4.69) is 6.58 Å². The van der Waals surface area contributed by atoms with Gasteiger partial charge in [0.1, 0.15) is 0 Å². The Balaban J connectivity index is 3.92. The minimum atomic E-state index is -1.64. The topological polar surface area (TPSA) is 74.6 Å². The van der Waals surface area contributed by atoms with Crippen LogP contribution in [0.4, 0.5) is 0 Å². The van der Waals surface area contributed by atoms with Crippen molar-refractivity contribution in [2.24, 2.45) is 5.41 Å². The van der Waals surface area contributed by atoms with Crippen LogP contribution in [0.5, 0.6) is 0 Å². The van der Waals surface area contributed by atoms with Crippen LogP contribution in [0.2, 0.25) is 0 Å². The summed E-state index contributed by atoms with van der Waals surface area (Å²) in [6.45, 7) is 4.87. The molecule has 0 aromatic carbocycles. The summed E-state index contributed by atoms with van der Waals surface area (Å²) >= 11 is 0. The van der Waals surface area contributed by atoms with Crippen molar-refractivity contribution in [1.82, 2.24) is 0 Å².